The van der Waals surface area contributed by atoms with E-state index in [1.54, 1.807) is 37.4 Å². The summed E-state index contributed by atoms with van der Waals surface area (Å²) in [5.74, 6) is 0.166. The molecule has 0 aromatic heterocycles. The Kier molecular flexibility index (Phi) is 7.57. The number of nitrogens with one attached hydrogen (secondary N) is 2. The van der Waals surface area contributed by atoms with Crippen LogP contribution in [-0.4, -0.2) is 56.2 Å². The van der Waals surface area contributed by atoms with E-state index in [-0.39, 0.29) is 17.9 Å². The number of anilines is 2. The van der Waals surface area contributed by atoms with E-state index in [1.165, 1.54) is 0 Å². The van der Waals surface area contributed by atoms with Gasteiger partial charge in [-0.2, -0.15) is 0 Å². The number of carbonyl (C=O) groups is 2. The van der Waals surface area contributed by atoms with Crippen LogP contribution in [0.15, 0.2) is 72.8 Å². The molecule has 3 aromatic carbocycles. The fourth-order valence-corrected chi connectivity index (χ4v) is 3.87. The Morgan fingerprint density at radius 2 is 1.56 bits per heavy atom. The number of morpholine rings is 1. The molecule has 0 bridgehead atoms. The van der Waals surface area contributed by atoms with Gasteiger partial charge in [-0.15, -0.1) is 0 Å². The maximum absolute atomic E-state index is 13.0. The first-order chi connectivity index (χ1) is 16.5. The number of benzene rings is 3. The molecule has 1 heterocycles. The van der Waals surface area contributed by atoms with Crippen LogP contribution in [0.2, 0.25) is 0 Å². The summed E-state index contributed by atoms with van der Waals surface area (Å²) in [6.45, 7) is 4.50. The SMILES string of the molecule is COc1ccc(NC(=O)c2ccc(-c3ccccc3)cc2)c(NC(=O)C(C)N2CCOCC2)c1. The third-order valence-electron chi connectivity index (χ3n) is 5.96. The highest BCUT2D eigenvalue weighted by Crippen LogP contribution is 2.28. The predicted molar refractivity (Wildman–Crippen MR) is 133 cm³/mol. The van der Waals surface area contributed by atoms with E-state index in [9.17, 15) is 9.59 Å². The van der Waals surface area contributed by atoms with E-state index in [1.807, 2.05) is 49.4 Å². The van der Waals surface area contributed by atoms with Gasteiger partial charge in [0.15, 0.2) is 0 Å². The lowest BCUT2D eigenvalue weighted by Gasteiger charge is -2.31. The van der Waals surface area contributed by atoms with Crippen molar-refractivity contribution in [1.29, 1.82) is 0 Å². The van der Waals surface area contributed by atoms with Gasteiger partial charge < -0.3 is 20.1 Å². The van der Waals surface area contributed by atoms with Crippen molar-refractivity contribution in [3.63, 3.8) is 0 Å². The van der Waals surface area contributed by atoms with Crippen LogP contribution in [0.1, 0.15) is 17.3 Å². The largest absolute Gasteiger partial charge is 0.497 e. The molecule has 4 rings (SSSR count). The number of hydrogen-bond donors (Lipinski definition) is 2. The van der Waals surface area contributed by atoms with Crippen molar-refractivity contribution in [3.05, 3.63) is 78.4 Å². The fraction of sp³-hybridized carbons (Fsp3) is 0.259. The summed E-state index contributed by atoms with van der Waals surface area (Å²) in [5, 5.41) is 5.87. The molecule has 1 aliphatic heterocycles. The summed E-state index contributed by atoms with van der Waals surface area (Å²) < 4.78 is 10.7. The number of rotatable bonds is 7. The number of carbonyl (C=O) groups excluding carboxylic acids is 2. The molecule has 34 heavy (non-hydrogen) atoms. The second-order valence-electron chi connectivity index (χ2n) is 8.12. The minimum atomic E-state index is -0.329. The van der Waals surface area contributed by atoms with E-state index in [0.717, 1.165) is 11.1 Å². The molecule has 0 aliphatic carbocycles. The molecule has 176 valence electrons. The molecule has 1 saturated heterocycles. The zero-order chi connectivity index (χ0) is 23.9. The quantitative estimate of drug-likeness (QED) is 0.552. The molecule has 1 unspecified atom stereocenters. The Morgan fingerprint density at radius 3 is 2.24 bits per heavy atom. The Labute approximate surface area is 199 Å². The van der Waals surface area contributed by atoms with Gasteiger partial charge in [0.1, 0.15) is 5.75 Å². The van der Waals surface area contributed by atoms with Crippen LogP contribution in [-0.2, 0) is 9.53 Å². The number of amides is 2. The summed E-state index contributed by atoms with van der Waals surface area (Å²) in [6.07, 6.45) is 0. The second-order valence-corrected chi connectivity index (χ2v) is 8.12. The van der Waals surface area contributed by atoms with Crippen molar-refractivity contribution in [2.24, 2.45) is 0 Å². The maximum Gasteiger partial charge on any atom is 0.255 e. The molecule has 2 N–H and O–H groups in total. The first-order valence-electron chi connectivity index (χ1n) is 11.3. The first kappa shape index (κ1) is 23.5. The Bertz CT molecular complexity index is 1130. The Hall–Kier alpha value is -3.68. The minimum Gasteiger partial charge on any atom is -0.497 e. The van der Waals surface area contributed by atoms with Gasteiger partial charge >= 0.3 is 0 Å². The summed E-state index contributed by atoms with van der Waals surface area (Å²) >= 11 is 0. The summed E-state index contributed by atoms with van der Waals surface area (Å²) in [4.78, 5) is 28.0. The highest BCUT2D eigenvalue weighted by Gasteiger charge is 2.24. The standard InChI is InChI=1S/C27H29N3O4/c1-19(30-14-16-34-17-15-30)26(31)29-25-18-23(33-2)12-13-24(25)28-27(32)22-10-8-21(9-11-22)20-6-4-3-5-7-20/h3-13,18-19H,14-17H2,1-2H3,(H,28,32)(H,29,31). The third-order valence-corrected chi connectivity index (χ3v) is 5.96. The average Bonchev–Trinajstić information content (AvgIpc) is 2.90. The lowest BCUT2D eigenvalue weighted by Crippen LogP contribution is -2.47. The zero-order valence-corrected chi connectivity index (χ0v) is 19.4. The van der Waals surface area contributed by atoms with Crippen LogP contribution in [0.5, 0.6) is 5.75 Å². The molecule has 7 nitrogen and oxygen atoms in total. The highest BCUT2D eigenvalue weighted by atomic mass is 16.5. The van der Waals surface area contributed by atoms with Gasteiger partial charge in [-0.3, -0.25) is 14.5 Å². The Morgan fingerprint density at radius 1 is 0.882 bits per heavy atom. The minimum absolute atomic E-state index is 0.155. The highest BCUT2D eigenvalue weighted by molar-refractivity contribution is 6.08. The monoisotopic (exact) mass is 459 g/mol. The molecule has 1 atom stereocenters. The zero-order valence-electron chi connectivity index (χ0n) is 19.4. The molecule has 0 spiro atoms. The van der Waals surface area contributed by atoms with Crippen molar-refractivity contribution in [2.75, 3.05) is 44.0 Å². The fourth-order valence-electron chi connectivity index (χ4n) is 3.87. The van der Waals surface area contributed by atoms with E-state index in [4.69, 9.17) is 9.47 Å². The van der Waals surface area contributed by atoms with Crippen LogP contribution < -0.4 is 15.4 Å². The molecule has 0 saturated carbocycles. The molecule has 3 aromatic rings. The predicted octanol–water partition coefficient (Wildman–Crippen LogP) is 4.27. The Balaban J connectivity index is 1.49. The lowest BCUT2D eigenvalue weighted by atomic mass is 10.0. The lowest BCUT2D eigenvalue weighted by molar-refractivity contribution is -0.122. The number of methoxy groups -OCH3 is 1. The molecule has 1 fully saturated rings. The summed E-state index contributed by atoms with van der Waals surface area (Å²) in [5.41, 5.74) is 3.63. The van der Waals surface area contributed by atoms with Crippen molar-refractivity contribution < 1.29 is 19.1 Å². The van der Waals surface area contributed by atoms with Gasteiger partial charge in [-0.05, 0) is 42.3 Å². The third kappa shape index (κ3) is 5.62. The molecular weight excluding hydrogens is 430 g/mol. The first-order valence-corrected chi connectivity index (χ1v) is 11.3. The van der Waals surface area contributed by atoms with Crippen LogP contribution in [0.4, 0.5) is 11.4 Å². The normalized spacial score (nSPS) is 14.8. The van der Waals surface area contributed by atoms with E-state index < -0.39 is 0 Å². The van der Waals surface area contributed by atoms with E-state index >= 15 is 0 Å². The number of nitrogens with zero attached hydrogens (tertiary/aromatic N) is 1. The van der Waals surface area contributed by atoms with E-state index in [2.05, 4.69) is 15.5 Å². The van der Waals surface area contributed by atoms with E-state index in [0.29, 0.717) is 49.0 Å². The summed E-state index contributed by atoms with van der Waals surface area (Å²) in [7, 11) is 1.56. The second kappa shape index (κ2) is 11.0. The molecule has 1 aliphatic rings. The average molecular weight is 460 g/mol. The van der Waals surface area contributed by atoms with Crippen molar-refractivity contribution in [1.82, 2.24) is 4.90 Å². The van der Waals surface area contributed by atoms with Gasteiger partial charge in [0.05, 0.1) is 37.7 Å². The number of ether oxygens (including phenoxy) is 2. The van der Waals surface area contributed by atoms with Crippen LogP contribution in [0.25, 0.3) is 11.1 Å². The van der Waals surface area contributed by atoms with Crippen LogP contribution in [0, 0.1) is 0 Å². The van der Waals surface area contributed by atoms with Crippen molar-refractivity contribution in [3.8, 4) is 16.9 Å². The van der Waals surface area contributed by atoms with Crippen molar-refractivity contribution >= 4 is 23.2 Å². The van der Waals surface area contributed by atoms with Gasteiger partial charge in [0, 0.05) is 24.7 Å². The molecule has 7 heteroatoms. The smallest absolute Gasteiger partial charge is 0.255 e. The van der Waals surface area contributed by atoms with Crippen LogP contribution in [0.3, 0.4) is 0 Å². The summed E-state index contributed by atoms with van der Waals surface area (Å²) in [6, 6.07) is 22.3. The molecular formula is C27H29N3O4. The van der Waals surface area contributed by atoms with Gasteiger partial charge in [-0.1, -0.05) is 42.5 Å². The topological polar surface area (TPSA) is 79.9 Å². The van der Waals surface area contributed by atoms with Crippen molar-refractivity contribution in [2.45, 2.75) is 13.0 Å². The molecule has 2 amide bonds. The van der Waals surface area contributed by atoms with Crippen LogP contribution >= 0.6 is 0 Å². The van der Waals surface area contributed by atoms with Gasteiger partial charge in [0.2, 0.25) is 5.91 Å². The number of hydrogen-bond acceptors (Lipinski definition) is 5. The molecule has 0 radical (unpaired) electrons. The van der Waals surface area contributed by atoms with Gasteiger partial charge in [0.25, 0.3) is 5.91 Å². The van der Waals surface area contributed by atoms with Gasteiger partial charge in [-0.25, -0.2) is 0 Å². The maximum atomic E-state index is 13.0.